The van der Waals surface area contributed by atoms with E-state index in [1.165, 1.54) is 22.3 Å². The summed E-state index contributed by atoms with van der Waals surface area (Å²) in [5.41, 5.74) is 5.04. The Bertz CT molecular complexity index is 736. The lowest BCUT2D eigenvalue weighted by Gasteiger charge is -2.32. The number of hydrogen-bond donors (Lipinski definition) is 0. The third-order valence-electron chi connectivity index (χ3n) is 5.56. The average Bonchev–Trinajstić information content (AvgIpc) is 3.00. The monoisotopic (exact) mass is 343 g/mol. The maximum absolute atomic E-state index is 13.5. The van der Waals surface area contributed by atoms with Gasteiger partial charge in [-0.1, -0.05) is 30.3 Å². The van der Waals surface area contributed by atoms with Crippen LogP contribution in [0.25, 0.3) is 11.1 Å². The number of aryl methyl sites for hydroxylation is 1. The van der Waals surface area contributed by atoms with Crippen molar-refractivity contribution in [2.45, 2.75) is 37.6 Å². The summed E-state index contributed by atoms with van der Waals surface area (Å²) in [5.74, 6) is 0.854. The van der Waals surface area contributed by atoms with Gasteiger partial charge in [0.05, 0.1) is 7.11 Å². The van der Waals surface area contributed by atoms with Crippen LogP contribution in [0.3, 0.4) is 0 Å². The molecule has 0 radical (unpaired) electrons. The number of halogens is 2. The van der Waals surface area contributed by atoms with Gasteiger partial charge >= 0.3 is 0 Å². The Labute approximate surface area is 147 Å². The number of ether oxygens (including phenoxy) is 1. The van der Waals surface area contributed by atoms with E-state index in [2.05, 4.69) is 30.3 Å². The van der Waals surface area contributed by atoms with Gasteiger partial charge in [-0.3, -0.25) is 4.90 Å². The molecule has 0 spiro atoms. The quantitative estimate of drug-likeness (QED) is 0.828. The van der Waals surface area contributed by atoms with E-state index in [9.17, 15) is 8.78 Å². The second kappa shape index (κ2) is 6.75. The number of alkyl halides is 2. The summed E-state index contributed by atoms with van der Waals surface area (Å²) < 4.78 is 32.2. The summed E-state index contributed by atoms with van der Waals surface area (Å²) in [6, 6.07) is 14.9. The minimum atomic E-state index is -1.32. The molecule has 2 aromatic carbocycles. The Balaban J connectivity index is 1.51. The molecule has 1 fully saturated rings. The molecular weight excluding hydrogens is 320 g/mol. The van der Waals surface area contributed by atoms with E-state index >= 15 is 0 Å². The van der Waals surface area contributed by atoms with E-state index < -0.39 is 12.3 Å². The molecule has 1 aliphatic carbocycles. The fraction of sp³-hybridized carbons (Fsp3) is 0.429. The number of likely N-dealkylation sites (tertiary alicyclic amines) is 1. The molecule has 0 bridgehead atoms. The predicted octanol–water partition coefficient (Wildman–Crippen LogP) is 4.21. The van der Waals surface area contributed by atoms with Gasteiger partial charge in [-0.15, -0.1) is 0 Å². The van der Waals surface area contributed by atoms with Crippen molar-refractivity contribution < 1.29 is 13.5 Å². The van der Waals surface area contributed by atoms with Crippen molar-refractivity contribution in [2.24, 2.45) is 0 Å². The van der Waals surface area contributed by atoms with E-state index in [-0.39, 0.29) is 19.1 Å². The second-order valence-electron chi connectivity index (χ2n) is 7.09. The average molecular weight is 343 g/mol. The Morgan fingerprint density at radius 1 is 0.920 bits per heavy atom. The Hall–Kier alpha value is -1.94. The third-order valence-corrected chi connectivity index (χ3v) is 5.56. The molecule has 0 N–H and O–H groups in total. The molecule has 1 saturated heterocycles. The van der Waals surface area contributed by atoms with Crippen LogP contribution < -0.4 is 4.74 Å². The topological polar surface area (TPSA) is 12.5 Å². The van der Waals surface area contributed by atoms with Crippen LogP contribution >= 0.6 is 0 Å². The smallest absolute Gasteiger partial charge is 0.145 e. The Morgan fingerprint density at radius 3 is 2.28 bits per heavy atom. The van der Waals surface area contributed by atoms with Gasteiger partial charge in [0, 0.05) is 19.1 Å². The summed E-state index contributed by atoms with van der Waals surface area (Å²) >= 11 is 0. The van der Waals surface area contributed by atoms with Crippen molar-refractivity contribution in [3.05, 3.63) is 53.6 Å². The van der Waals surface area contributed by atoms with Crippen LogP contribution in [-0.2, 0) is 12.8 Å². The van der Waals surface area contributed by atoms with Gasteiger partial charge in [-0.2, -0.15) is 0 Å². The molecule has 1 heterocycles. The van der Waals surface area contributed by atoms with Crippen molar-refractivity contribution in [1.29, 1.82) is 0 Å². The first-order valence-corrected chi connectivity index (χ1v) is 8.92. The Morgan fingerprint density at radius 2 is 1.60 bits per heavy atom. The van der Waals surface area contributed by atoms with E-state index in [4.69, 9.17) is 4.74 Å². The van der Waals surface area contributed by atoms with Crippen molar-refractivity contribution in [1.82, 2.24) is 4.90 Å². The zero-order chi connectivity index (χ0) is 17.4. The number of fused-ring (bicyclic) bond motifs is 1. The van der Waals surface area contributed by atoms with Crippen molar-refractivity contribution in [3.8, 4) is 16.9 Å². The molecule has 1 aliphatic heterocycles. The zero-order valence-electron chi connectivity index (χ0n) is 14.4. The standard InChI is InChI=1S/C21H23F2NO/c1-25-19-8-5-14(6-9-19)15-2-3-17-11-18(7-4-16(17)10-15)24-12-20(22)21(23)13-24/h2-3,5-6,8-10,18,20-21H,4,7,11-13H2,1H3. The first-order valence-electron chi connectivity index (χ1n) is 8.92. The van der Waals surface area contributed by atoms with Crippen LogP contribution in [0, 0.1) is 0 Å². The van der Waals surface area contributed by atoms with Gasteiger partial charge in [0.15, 0.2) is 0 Å². The summed E-state index contributed by atoms with van der Waals surface area (Å²) in [6.07, 6.45) is 0.183. The van der Waals surface area contributed by atoms with Crippen molar-refractivity contribution in [2.75, 3.05) is 20.2 Å². The van der Waals surface area contributed by atoms with E-state index in [0.29, 0.717) is 0 Å². The maximum atomic E-state index is 13.5. The highest BCUT2D eigenvalue weighted by Gasteiger charge is 2.37. The van der Waals surface area contributed by atoms with Crippen LogP contribution in [0.2, 0.25) is 0 Å². The molecule has 0 saturated carbocycles. The maximum Gasteiger partial charge on any atom is 0.145 e. The largest absolute Gasteiger partial charge is 0.497 e. The normalized spacial score (nSPS) is 26.4. The molecule has 3 atom stereocenters. The summed E-state index contributed by atoms with van der Waals surface area (Å²) in [5, 5.41) is 0. The Kier molecular flexibility index (Phi) is 4.46. The first kappa shape index (κ1) is 16.5. The number of benzene rings is 2. The summed E-state index contributed by atoms with van der Waals surface area (Å²) in [6.45, 7) is 0.482. The van der Waals surface area contributed by atoms with Gasteiger partial charge < -0.3 is 4.74 Å². The highest BCUT2D eigenvalue weighted by molar-refractivity contribution is 5.66. The number of nitrogens with zero attached hydrogens (tertiary/aromatic N) is 1. The zero-order valence-corrected chi connectivity index (χ0v) is 14.4. The van der Waals surface area contributed by atoms with Crippen LogP contribution in [-0.4, -0.2) is 43.5 Å². The van der Waals surface area contributed by atoms with Crippen molar-refractivity contribution in [3.63, 3.8) is 0 Å². The number of methoxy groups -OCH3 is 1. The number of rotatable bonds is 3. The van der Waals surface area contributed by atoms with Gasteiger partial charge in [0.2, 0.25) is 0 Å². The summed E-state index contributed by atoms with van der Waals surface area (Å²) in [4.78, 5) is 2.00. The van der Waals surface area contributed by atoms with Crippen LogP contribution in [0.4, 0.5) is 8.78 Å². The van der Waals surface area contributed by atoms with Gasteiger partial charge in [0.1, 0.15) is 18.1 Å². The minimum Gasteiger partial charge on any atom is -0.497 e. The molecule has 3 unspecified atom stereocenters. The molecule has 2 aromatic rings. The molecule has 25 heavy (non-hydrogen) atoms. The molecule has 4 rings (SSSR count). The molecule has 2 nitrogen and oxygen atoms in total. The van der Waals surface area contributed by atoms with E-state index in [0.717, 1.165) is 25.0 Å². The van der Waals surface area contributed by atoms with Crippen molar-refractivity contribution >= 4 is 0 Å². The molecule has 4 heteroatoms. The van der Waals surface area contributed by atoms with Crippen LogP contribution in [0.1, 0.15) is 17.5 Å². The molecular formula is C21H23F2NO. The van der Waals surface area contributed by atoms with Gasteiger partial charge in [-0.25, -0.2) is 8.78 Å². The van der Waals surface area contributed by atoms with Gasteiger partial charge in [0.25, 0.3) is 0 Å². The first-order chi connectivity index (χ1) is 12.1. The lowest BCUT2D eigenvalue weighted by atomic mass is 9.85. The summed E-state index contributed by atoms with van der Waals surface area (Å²) in [7, 11) is 1.67. The molecule has 0 aromatic heterocycles. The van der Waals surface area contributed by atoms with E-state index in [1.54, 1.807) is 7.11 Å². The fourth-order valence-corrected chi connectivity index (χ4v) is 4.06. The van der Waals surface area contributed by atoms with E-state index in [1.807, 2.05) is 17.0 Å². The minimum absolute atomic E-state index is 0.241. The number of hydrogen-bond acceptors (Lipinski definition) is 2. The highest BCUT2D eigenvalue weighted by Crippen LogP contribution is 2.31. The lowest BCUT2D eigenvalue weighted by Crippen LogP contribution is -2.38. The van der Waals surface area contributed by atoms with Gasteiger partial charge in [-0.05, 0) is 53.6 Å². The predicted molar refractivity (Wildman–Crippen MR) is 95.6 cm³/mol. The third kappa shape index (κ3) is 3.28. The lowest BCUT2D eigenvalue weighted by molar-refractivity contribution is 0.203. The second-order valence-corrected chi connectivity index (χ2v) is 7.09. The molecule has 2 aliphatic rings. The van der Waals surface area contributed by atoms with Crippen LogP contribution in [0.15, 0.2) is 42.5 Å². The molecule has 132 valence electrons. The highest BCUT2D eigenvalue weighted by atomic mass is 19.2. The SMILES string of the molecule is COc1ccc(-c2ccc3c(c2)CCC(N2CC(F)C(F)C2)C3)cc1. The fourth-order valence-electron chi connectivity index (χ4n) is 4.06. The molecule has 0 amide bonds. The van der Waals surface area contributed by atoms with Crippen LogP contribution in [0.5, 0.6) is 5.75 Å².